The molecule has 0 radical (unpaired) electrons. The van der Waals surface area contributed by atoms with Gasteiger partial charge in [0.2, 0.25) is 0 Å². The summed E-state index contributed by atoms with van der Waals surface area (Å²) in [6.07, 6.45) is 1.70. The van der Waals surface area contributed by atoms with Gasteiger partial charge in [0.25, 0.3) is 5.56 Å². The average molecular weight is 410 g/mol. The van der Waals surface area contributed by atoms with E-state index in [1.165, 1.54) is 11.6 Å². The summed E-state index contributed by atoms with van der Waals surface area (Å²) < 4.78 is 1.37. The van der Waals surface area contributed by atoms with Gasteiger partial charge in [0, 0.05) is 23.9 Å². The van der Waals surface area contributed by atoms with Crippen molar-refractivity contribution in [2.24, 2.45) is 0 Å². The third-order valence-corrected chi connectivity index (χ3v) is 4.97. The topological polar surface area (TPSA) is 76.9 Å². The molecule has 0 bridgehead atoms. The summed E-state index contributed by atoms with van der Waals surface area (Å²) in [7, 11) is 0. The van der Waals surface area contributed by atoms with Crippen molar-refractivity contribution in [3.63, 3.8) is 0 Å². The highest BCUT2D eigenvalue weighted by Gasteiger charge is 2.22. The molecule has 0 fully saturated rings. The molecule has 0 unspecified atom stereocenters. The molecule has 2 heterocycles. The molecule has 0 spiro atoms. The van der Waals surface area contributed by atoms with Crippen LogP contribution in [-0.4, -0.2) is 20.5 Å². The van der Waals surface area contributed by atoms with E-state index in [2.05, 4.69) is 15.4 Å². The van der Waals surface area contributed by atoms with Gasteiger partial charge in [0.1, 0.15) is 11.4 Å². The van der Waals surface area contributed by atoms with E-state index in [9.17, 15) is 9.59 Å². The van der Waals surface area contributed by atoms with Crippen LogP contribution in [0.3, 0.4) is 0 Å². The van der Waals surface area contributed by atoms with Crippen LogP contribution in [0.1, 0.15) is 24.2 Å². The fraction of sp³-hybridized carbons (Fsp3) is 0.120. The predicted octanol–water partition coefficient (Wildman–Crippen LogP) is 4.94. The first-order valence-corrected chi connectivity index (χ1v) is 10.1. The minimum absolute atomic E-state index is 0.202. The number of pyridine rings is 1. The number of ketones is 1. The van der Waals surface area contributed by atoms with Crippen LogP contribution in [0.5, 0.6) is 0 Å². The highest BCUT2D eigenvalue weighted by atomic mass is 16.1. The van der Waals surface area contributed by atoms with E-state index in [1.807, 2.05) is 73.7 Å². The third-order valence-electron chi connectivity index (χ3n) is 4.97. The summed E-state index contributed by atoms with van der Waals surface area (Å²) >= 11 is 0. The molecule has 1 N–H and O–H groups in total. The smallest absolute Gasteiger partial charge is 0.291 e. The maximum Gasteiger partial charge on any atom is 0.291 e. The van der Waals surface area contributed by atoms with Crippen molar-refractivity contribution in [1.29, 1.82) is 0 Å². The Morgan fingerprint density at radius 1 is 0.903 bits per heavy atom. The largest absolute Gasteiger partial charge is 0.349 e. The lowest BCUT2D eigenvalue weighted by molar-refractivity contribution is 0.101. The Balaban J connectivity index is 1.94. The lowest BCUT2D eigenvalue weighted by Gasteiger charge is -2.17. The van der Waals surface area contributed by atoms with Crippen LogP contribution >= 0.6 is 0 Å². The summed E-state index contributed by atoms with van der Waals surface area (Å²) in [5.41, 5.74) is 3.60. The molecule has 0 saturated carbocycles. The van der Waals surface area contributed by atoms with Gasteiger partial charge in [0.05, 0.1) is 16.9 Å². The van der Waals surface area contributed by atoms with Gasteiger partial charge in [-0.25, -0.2) is 4.68 Å². The fourth-order valence-corrected chi connectivity index (χ4v) is 3.51. The first-order chi connectivity index (χ1) is 15.1. The average Bonchev–Trinajstić information content (AvgIpc) is 2.81. The van der Waals surface area contributed by atoms with Crippen molar-refractivity contribution in [2.45, 2.75) is 20.4 Å². The van der Waals surface area contributed by atoms with Crippen molar-refractivity contribution in [1.82, 2.24) is 14.8 Å². The minimum Gasteiger partial charge on any atom is -0.349 e. The van der Waals surface area contributed by atoms with Crippen molar-refractivity contribution in [3.05, 3.63) is 94.9 Å². The van der Waals surface area contributed by atoms with Gasteiger partial charge in [-0.2, -0.15) is 5.10 Å². The first kappa shape index (κ1) is 20.2. The number of hydrogen-bond acceptors (Lipinski definition) is 5. The highest BCUT2D eigenvalue weighted by molar-refractivity contribution is 6.05. The summed E-state index contributed by atoms with van der Waals surface area (Å²) in [5.74, 6) is -0.237. The SMILES string of the molecule is CCn1nc(-c2ccccc2)c(C(C)=O)c(Nc2cccnc2-c2ccccc2)c1=O. The van der Waals surface area contributed by atoms with Crippen LogP contribution in [0.2, 0.25) is 0 Å². The van der Waals surface area contributed by atoms with Gasteiger partial charge in [-0.15, -0.1) is 0 Å². The summed E-state index contributed by atoms with van der Waals surface area (Å²) in [5, 5.41) is 7.71. The normalized spacial score (nSPS) is 10.6. The molecule has 2 aromatic heterocycles. The van der Waals surface area contributed by atoms with Crippen LogP contribution in [0, 0.1) is 0 Å². The van der Waals surface area contributed by atoms with E-state index >= 15 is 0 Å². The number of rotatable bonds is 6. The number of nitrogens with zero attached hydrogens (tertiary/aromatic N) is 3. The molecular weight excluding hydrogens is 388 g/mol. The number of aromatic nitrogens is 3. The van der Waals surface area contributed by atoms with E-state index < -0.39 is 0 Å². The molecular formula is C25H22N4O2. The van der Waals surface area contributed by atoms with Gasteiger partial charge < -0.3 is 5.32 Å². The number of benzene rings is 2. The highest BCUT2D eigenvalue weighted by Crippen LogP contribution is 2.31. The Morgan fingerprint density at radius 2 is 1.52 bits per heavy atom. The first-order valence-electron chi connectivity index (χ1n) is 10.1. The van der Waals surface area contributed by atoms with E-state index in [1.54, 1.807) is 12.3 Å². The molecule has 0 atom stereocenters. The third kappa shape index (κ3) is 4.00. The van der Waals surface area contributed by atoms with Crippen LogP contribution in [0.15, 0.2) is 83.8 Å². The van der Waals surface area contributed by atoms with Crippen molar-refractivity contribution in [3.8, 4) is 22.5 Å². The minimum atomic E-state index is -0.352. The number of hydrogen-bond donors (Lipinski definition) is 1. The fourth-order valence-electron chi connectivity index (χ4n) is 3.51. The number of nitrogens with one attached hydrogen (secondary N) is 1. The molecule has 0 aliphatic carbocycles. The zero-order valence-corrected chi connectivity index (χ0v) is 17.4. The molecule has 6 heteroatoms. The zero-order chi connectivity index (χ0) is 21.8. The molecule has 31 heavy (non-hydrogen) atoms. The van der Waals surface area contributed by atoms with Crippen LogP contribution in [0.25, 0.3) is 22.5 Å². The van der Waals surface area contributed by atoms with Crippen molar-refractivity contribution in [2.75, 3.05) is 5.32 Å². The lowest BCUT2D eigenvalue weighted by Crippen LogP contribution is -2.28. The Hall–Kier alpha value is -4.06. The molecule has 2 aromatic carbocycles. The van der Waals surface area contributed by atoms with Gasteiger partial charge in [0.15, 0.2) is 5.78 Å². The molecule has 4 rings (SSSR count). The lowest BCUT2D eigenvalue weighted by atomic mass is 10.0. The Kier molecular flexibility index (Phi) is 5.71. The second-order valence-corrected chi connectivity index (χ2v) is 7.03. The van der Waals surface area contributed by atoms with Crippen LogP contribution < -0.4 is 10.9 Å². The second-order valence-electron chi connectivity index (χ2n) is 7.03. The zero-order valence-electron chi connectivity index (χ0n) is 17.4. The van der Waals surface area contributed by atoms with Crippen LogP contribution in [-0.2, 0) is 6.54 Å². The molecule has 6 nitrogen and oxygen atoms in total. The van der Waals surface area contributed by atoms with Gasteiger partial charge in [-0.1, -0.05) is 60.7 Å². The summed E-state index contributed by atoms with van der Waals surface area (Å²) in [6, 6.07) is 22.7. The maximum absolute atomic E-state index is 13.2. The van der Waals surface area contributed by atoms with E-state index in [4.69, 9.17) is 0 Å². The van der Waals surface area contributed by atoms with Crippen molar-refractivity contribution >= 4 is 17.2 Å². The molecule has 0 aliphatic rings. The number of carbonyl (C=O) groups excluding carboxylic acids is 1. The maximum atomic E-state index is 13.2. The quantitative estimate of drug-likeness (QED) is 0.456. The van der Waals surface area contributed by atoms with Gasteiger partial charge >= 0.3 is 0 Å². The van der Waals surface area contributed by atoms with Crippen molar-refractivity contribution < 1.29 is 4.79 Å². The number of anilines is 2. The second kappa shape index (κ2) is 8.75. The van der Waals surface area contributed by atoms with E-state index in [0.29, 0.717) is 23.6 Å². The Bertz CT molecular complexity index is 1280. The number of Topliss-reactive ketones (excluding diaryl/α,β-unsaturated/α-hetero) is 1. The molecule has 4 aromatic rings. The molecule has 0 aliphatic heterocycles. The summed E-state index contributed by atoms with van der Waals surface area (Å²) in [4.78, 5) is 30.4. The van der Waals surface area contributed by atoms with Gasteiger partial charge in [-0.3, -0.25) is 14.6 Å². The summed E-state index contributed by atoms with van der Waals surface area (Å²) in [6.45, 7) is 3.68. The molecule has 0 saturated heterocycles. The standard InChI is InChI=1S/C25H22N4O2/c1-3-29-25(31)24(21(17(2)30)23(28-29)19-13-8-5-9-14-19)27-20-15-10-16-26-22(20)18-11-6-4-7-12-18/h4-16,27H,3H2,1-2H3. The van der Waals surface area contributed by atoms with E-state index in [-0.39, 0.29) is 22.6 Å². The number of carbonyl (C=O) groups is 1. The monoisotopic (exact) mass is 410 g/mol. The predicted molar refractivity (Wildman–Crippen MR) is 123 cm³/mol. The van der Waals surface area contributed by atoms with E-state index in [0.717, 1.165) is 11.1 Å². The Labute approximate surface area is 180 Å². The van der Waals surface area contributed by atoms with Crippen LogP contribution in [0.4, 0.5) is 11.4 Å². The van der Waals surface area contributed by atoms with Gasteiger partial charge in [-0.05, 0) is 26.0 Å². The molecule has 0 amide bonds. The number of aryl methyl sites for hydroxylation is 1. The Morgan fingerprint density at radius 3 is 2.10 bits per heavy atom. The molecule has 154 valence electrons.